The van der Waals surface area contributed by atoms with Crippen LogP contribution >= 0.6 is 0 Å². The summed E-state index contributed by atoms with van der Waals surface area (Å²) in [6, 6.07) is 16.3. The smallest absolute Gasteiger partial charge is 0.407 e. The van der Waals surface area contributed by atoms with Gasteiger partial charge < -0.3 is 20.5 Å². The van der Waals surface area contributed by atoms with Crippen molar-refractivity contribution in [1.29, 1.82) is 0 Å². The fraction of sp³-hybridized carbons (Fsp3) is 0.464. The maximum absolute atomic E-state index is 12.7. The first-order valence-corrected chi connectivity index (χ1v) is 12.2. The predicted octanol–water partition coefficient (Wildman–Crippen LogP) is 4.80. The number of ether oxygens (including phenoxy) is 1. The first-order valence-electron chi connectivity index (χ1n) is 12.2. The molecule has 1 aliphatic rings. The number of fused-ring (bicyclic) bond motifs is 3. The number of hydrogen-bond acceptors (Lipinski definition) is 4. The summed E-state index contributed by atoms with van der Waals surface area (Å²) >= 11 is 0. The largest absolute Gasteiger partial charge is 0.481 e. The lowest BCUT2D eigenvalue weighted by Crippen LogP contribution is -2.46. The lowest BCUT2D eigenvalue weighted by atomic mass is 9.90. The van der Waals surface area contributed by atoms with Gasteiger partial charge in [-0.3, -0.25) is 9.59 Å². The molecular formula is C28H36N2O5. The Labute approximate surface area is 207 Å². The van der Waals surface area contributed by atoms with Gasteiger partial charge in [0.2, 0.25) is 5.91 Å². The van der Waals surface area contributed by atoms with Crippen molar-refractivity contribution in [1.82, 2.24) is 10.6 Å². The zero-order chi connectivity index (χ0) is 25.6. The van der Waals surface area contributed by atoms with Gasteiger partial charge in [-0.1, -0.05) is 62.4 Å². The van der Waals surface area contributed by atoms with Crippen LogP contribution in [0.25, 0.3) is 11.1 Å². The lowest BCUT2D eigenvalue weighted by Gasteiger charge is -2.26. The Morgan fingerprint density at radius 3 is 2.09 bits per heavy atom. The average Bonchev–Trinajstić information content (AvgIpc) is 3.12. The highest BCUT2D eigenvalue weighted by molar-refractivity contribution is 5.83. The first-order chi connectivity index (χ1) is 16.6. The highest BCUT2D eigenvalue weighted by atomic mass is 16.5. The number of carbonyl (C=O) groups excluding carboxylic acids is 2. The van der Waals surface area contributed by atoms with Crippen LogP contribution in [-0.2, 0) is 14.3 Å². The van der Waals surface area contributed by atoms with E-state index < -0.39 is 17.5 Å². The Morgan fingerprint density at radius 2 is 1.54 bits per heavy atom. The molecule has 2 amide bonds. The first kappa shape index (κ1) is 26.3. The summed E-state index contributed by atoms with van der Waals surface area (Å²) in [4.78, 5) is 36.3. The molecule has 0 aliphatic heterocycles. The molecule has 0 heterocycles. The van der Waals surface area contributed by atoms with Crippen LogP contribution in [0.4, 0.5) is 4.79 Å². The Hall–Kier alpha value is -3.35. The van der Waals surface area contributed by atoms with E-state index in [0.717, 1.165) is 22.3 Å². The van der Waals surface area contributed by atoms with Gasteiger partial charge in [0.1, 0.15) is 6.61 Å². The van der Waals surface area contributed by atoms with Crippen LogP contribution in [0.3, 0.4) is 0 Å². The van der Waals surface area contributed by atoms with Crippen molar-refractivity contribution in [2.75, 3.05) is 19.7 Å². The summed E-state index contributed by atoms with van der Waals surface area (Å²) in [5.41, 5.74) is 3.72. The molecule has 0 spiro atoms. The molecule has 0 fully saturated rings. The van der Waals surface area contributed by atoms with E-state index in [1.807, 2.05) is 38.1 Å². The molecule has 0 saturated carbocycles. The van der Waals surface area contributed by atoms with Crippen LogP contribution in [-0.4, -0.2) is 42.8 Å². The third kappa shape index (κ3) is 6.84. The summed E-state index contributed by atoms with van der Waals surface area (Å²) in [5, 5.41) is 14.7. The second-order valence-electron chi connectivity index (χ2n) is 10.4. The summed E-state index contributed by atoms with van der Waals surface area (Å²) in [7, 11) is 0. The van der Waals surface area contributed by atoms with Gasteiger partial charge in [0.05, 0.1) is 5.41 Å². The molecule has 1 unspecified atom stereocenters. The van der Waals surface area contributed by atoms with E-state index in [-0.39, 0.29) is 43.9 Å². The summed E-state index contributed by atoms with van der Waals surface area (Å²) in [5.74, 6) is -0.949. The molecule has 35 heavy (non-hydrogen) atoms. The number of hydrogen-bond donors (Lipinski definition) is 3. The molecule has 7 heteroatoms. The van der Waals surface area contributed by atoms with Crippen molar-refractivity contribution in [3.8, 4) is 11.1 Å². The van der Waals surface area contributed by atoms with Crippen molar-refractivity contribution in [3.63, 3.8) is 0 Å². The minimum atomic E-state index is -0.878. The van der Waals surface area contributed by atoms with Crippen LogP contribution in [0.5, 0.6) is 0 Å². The zero-order valence-electron chi connectivity index (χ0n) is 21.0. The molecule has 188 valence electrons. The molecule has 1 atom stereocenters. The number of carboxylic acid groups (broad SMARTS) is 1. The van der Waals surface area contributed by atoms with E-state index in [4.69, 9.17) is 9.84 Å². The number of nitrogens with one attached hydrogen (secondary N) is 2. The third-order valence-corrected chi connectivity index (χ3v) is 6.45. The van der Waals surface area contributed by atoms with E-state index in [9.17, 15) is 14.4 Å². The molecule has 0 saturated heterocycles. The van der Waals surface area contributed by atoms with Gasteiger partial charge >= 0.3 is 12.1 Å². The standard InChI is InChI=1S/C28H36N2O5/c1-18(2)13-19(14-25(31)32)15-29-26(33)28(3,4)17-30-27(34)35-16-24-22-11-7-5-9-20(22)21-10-6-8-12-23(21)24/h5-12,18-19,24H,13-17H2,1-4H3,(H,29,33)(H,30,34)(H,31,32). The van der Waals surface area contributed by atoms with E-state index in [0.29, 0.717) is 12.3 Å². The Bertz CT molecular complexity index is 1020. The Balaban J connectivity index is 1.51. The molecule has 0 radical (unpaired) electrons. The van der Waals surface area contributed by atoms with Crippen LogP contribution in [0.2, 0.25) is 0 Å². The van der Waals surface area contributed by atoms with Crippen LogP contribution in [0, 0.1) is 17.3 Å². The SMILES string of the molecule is CC(C)CC(CNC(=O)C(C)(C)CNC(=O)OCC1c2ccccc2-c2ccccc21)CC(=O)O. The number of aliphatic carboxylic acids is 1. The zero-order valence-corrected chi connectivity index (χ0v) is 21.0. The molecule has 0 bridgehead atoms. The fourth-order valence-corrected chi connectivity index (χ4v) is 4.65. The molecular weight excluding hydrogens is 444 g/mol. The van der Waals surface area contributed by atoms with Gasteiger partial charge in [-0.15, -0.1) is 0 Å². The predicted molar refractivity (Wildman–Crippen MR) is 135 cm³/mol. The number of carboxylic acids is 1. The van der Waals surface area contributed by atoms with Crippen molar-refractivity contribution < 1.29 is 24.2 Å². The second kappa shape index (κ2) is 11.4. The van der Waals surface area contributed by atoms with Crippen molar-refractivity contribution in [3.05, 3.63) is 59.7 Å². The van der Waals surface area contributed by atoms with Crippen LogP contribution < -0.4 is 10.6 Å². The molecule has 7 nitrogen and oxygen atoms in total. The summed E-state index contributed by atoms with van der Waals surface area (Å²) in [6.45, 7) is 8.12. The number of carbonyl (C=O) groups is 3. The van der Waals surface area contributed by atoms with Crippen LogP contribution in [0.1, 0.15) is 57.6 Å². The fourth-order valence-electron chi connectivity index (χ4n) is 4.65. The summed E-state index contributed by atoms with van der Waals surface area (Å²) in [6.07, 6.45) is 0.151. The van der Waals surface area contributed by atoms with Gasteiger partial charge in [-0.25, -0.2) is 4.79 Å². The van der Waals surface area contributed by atoms with Gasteiger partial charge in [0.15, 0.2) is 0 Å². The minimum absolute atomic E-state index is 0.0108. The number of benzene rings is 2. The maximum atomic E-state index is 12.7. The quantitative estimate of drug-likeness (QED) is 0.428. The average molecular weight is 481 g/mol. The van der Waals surface area contributed by atoms with E-state index in [1.165, 1.54) is 0 Å². The highest BCUT2D eigenvalue weighted by Gasteiger charge is 2.31. The van der Waals surface area contributed by atoms with Crippen molar-refractivity contribution in [2.24, 2.45) is 17.3 Å². The molecule has 0 aromatic heterocycles. The summed E-state index contributed by atoms with van der Waals surface area (Å²) < 4.78 is 5.55. The van der Waals surface area contributed by atoms with Crippen LogP contribution in [0.15, 0.2) is 48.5 Å². The van der Waals surface area contributed by atoms with E-state index in [1.54, 1.807) is 13.8 Å². The van der Waals surface area contributed by atoms with Gasteiger partial charge in [0, 0.05) is 25.4 Å². The van der Waals surface area contributed by atoms with E-state index in [2.05, 4.69) is 34.9 Å². The van der Waals surface area contributed by atoms with Gasteiger partial charge in [-0.2, -0.15) is 0 Å². The van der Waals surface area contributed by atoms with Crippen molar-refractivity contribution >= 4 is 18.0 Å². The lowest BCUT2D eigenvalue weighted by molar-refractivity contribution is -0.138. The van der Waals surface area contributed by atoms with Gasteiger partial charge in [-0.05, 0) is 54.4 Å². The molecule has 3 N–H and O–H groups in total. The topological polar surface area (TPSA) is 105 Å². The number of amides is 2. The molecule has 2 aromatic rings. The highest BCUT2D eigenvalue weighted by Crippen LogP contribution is 2.44. The second-order valence-corrected chi connectivity index (χ2v) is 10.4. The monoisotopic (exact) mass is 480 g/mol. The normalized spacial score (nSPS) is 13.6. The molecule has 2 aromatic carbocycles. The van der Waals surface area contributed by atoms with Crippen molar-refractivity contribution in [2.45, 2.75) is 46.5 Å². The number of alkyl carbamates (subject to hydrolysis) is 1. The number of rotatable bonds is 11. The maximum Gasteiger partial charge on any atom is 0.407 e. The Kier molecular flexibility index (Phi) is 8.54. The van der Waals surface area contributed by atoms with E-state index >= 15 is 0 Å². The minimum Gasteiger partial charge on any atom is -0.481 e. The van der Waals surface area contributed by atoms with Gasteiger partial charge in [0.25, 0.3) is 0 Å². The Morgan fingerprint density at radius 1 is 0.971 bits per heavy atom. The third-order valence-electron chi connectivity index (χ3n) is 6.45. The molecule has 3 rings (SSSR count). The molecule has 1 aliphatic carbocycles.